The number of ether oxygens (including phenoxy) is 1. The van der Waals surface area contributed by atoms with Crippen molar-refractivity contribution in [2.45, 2.75) is 12.3 Å². The van der Waals surface area contributed by atoms with Crippen LogP contribution in [-0.2, 0) is 31.6 Å². The van der Waals surface area contributed by atoms with Crippen LogP contribution in [0, 0.1) is 0 Å². The van der Waals surface area contributed by atoms with Gasteiger partial charge in [-0.15, -0.1) is 0 Å². The van der Waals surface area contributed by atoms with Crippen molar-refractivity contribution >= 4 is 59.5 Å². The summed E-state index contributed by atoms with van der Waals surface area (Å²) >= 11 is 1.62. The van der Waals surface area contributed by atoms with E-state index < -0.39 is 34.2 Å². The van der Waals surface area contributed by atoms with Crippen LogP contribution in [0.15, 0.2) is 121 Å². The Bertz CT molecular complexity index is 1150. The van der Waals surface area contributed by atoms with Gasteiger partial charge in [-0.1, -0.05) is 72.8 Å². The number of benzene rings is 4. The van der Waals surface area contributed by atoms with Crippen molar-refractivity contribution in [3.05, 3.63) is 121 Å². The predicted octanol–water partition coefficient (Wildman–Crippen LogP) is 5.51. The van der Waals surface area contributed by atoms with E-state index in [1.165, 1.54) is 33.5 Å². The van der Waals surface area contributed by atoms with Crippen molar-refractivity contribution in [3.63, 3.8) is 0 Å². The van der Waals surface area contributed by atoms with E-state index in [9.17, 15) is 22.4 Å². The van der Waals surface area contributed by atoms with Gasteiger partial charge in [-0.2, -0.15) is 8.78 Å². The van der Waals surface area contributed by atoms with Crippen LogP contribution < -0.4 is 26.5 Å². The first-order valence-electron chi connectivity index (χ1n) is 13.6. The third kappa shape index (κ3) is 14.2. The monoisotopic (exact) mass is 770 g/mol. The smallest absolute Gasteiger partial charge is 0.0967 e. The zero-order valence-corrected chi connectivity index (χ0v) is 29.1. The molecule has 0 bridgehead atoms. The fraction of sp³-hybridized carbons (Fsp3) is 0.212. The van der Waals surface area contributed by atoms with Crippen LogP contribution in [0.3, 0.4) is 0 Å². The number of esters is 1. The number of hydrogen-bond acceptors (Lipinski definition) is 4. The van der Waals surface area contributed by atoms with Crippen molar-refractivity contribution in [3.8, 4) is 0 Å². The summed E-state index contributed by atoms with van der Waals surface area (Å²) in [6.07, 6.45) is -1.60. The van der Waals surface area contributed by atoms with E-state index in [0.29, 0.717) is 7.11 Å². The quantitative estimate of drug-likeness (QED) is 0.0393. The molecule has 0 aliphatic heterocycles. The third-order valence-corrected chi connectivity index (χ3v) is 11.9. The Morgan fingerprint density at radius 1 is 0.711 bits per heavy atom. The molecule has 4 aromatic rings. The van der Waals surface area contributed by atoms with Gasteiger partial charge in [0.15, 0.2) is 0 Å². The van der Waals surface area contributed by atoms with Gasteiger partial charge >= 0.3 is 45.3 Å². The summed E-state index contributed by atoms with van der Waals surface area (Å²) in [6.45, 7) is 5.38. The third-order valence-electron chi connectivity index (χ3n) is 6.32. The van der Waals surface area contributed by atoms with Crippen molar-refractivity contribution in [1.82, 2.24) is 5.32 Å². The predicted molar refractivity (Wildman–Crippen MR) is 181 cm³/mol. The summed E-state index contributed by atoms with van der Waals surface area (Å²) in [6, 6.07) is 44.2. The molecule has 0 radical (unpaired) electrons. The maximum atomic E-state index is 11.7. The number of alkyl halides is 4. The van der Waals surface area contributed by atoms with Gasteiger partial charge in [0.25, 0.3) is 0 Å². The maximum Gasteiger partial charge on any atom is 0.0967 e. The van der Waals surface area contributed by atoms with Gasteiger partial charge in [0.05, 0.1) is 56.5 Å². The second-order valence-corrected chi connectivity index (χ2v) is 14.3. The molecule has 0 unspecified atom stereocenters. The van der Waals surface area contributed by atoms with Crippen LogP contribution in [0.5, 0.6) is 0 Å². The molecule has 4 nitrogen and oxygen atoms in total. The number of carbonyl (C=O) groups is 1. The fourth-order valence-electron chi connectivity index (χ4n) is 4.24. The number of rotatable bonds is 12. The molecule has 45 heavy (non-hydrogen) atoms. The largest absolute Gasteiger partial charge is 0.310 e. The van der Waals surface area contributed by atoms with E-state index in [-0.39, 0.29) is 0 Å². The molecular formula is C33H37ClF4NO3P2Ru+3. The van der Waals surface area contributed by atoms with Gasteiger partial charge in [0.1, 0.15) is 0 Å². The van der Waals surface area contributed by atoms with Gasteiger partial charge in [0.2, 0.25) is 0 Å². The summed E-state index contributed by atoms with van der Waals surface area (Å²) in [5.74, 6) is -6.91. The van der Waals surface area contributed by atoms with Gasteiger partial charge < -0.3 is 14.8 Å². The Morgan fingerprint density at radius 3 is 1.18 bits per heavy atom. The van der Waals surface area contributed by atoms with E-state index in [0.717, 1.165) is 13.1 Å². The molecule has 0 heterocycles. The molecule has 12 heteroatoms. The summed E-state index contributed by atoms with van der Waals surface area (Å²) in [7, 11) is 3.70. The standard InChI is InChI=1S/C28H29NP2.C4H4F4O2.CHO.ClH.Ru.H/c1-5-13-25(14-6-1)30(26-15-7-2-8-16-26)23-21-29-22-24-31(27-17-9-3-10-18-27)28-19-11-4-12-20-28;1-10-3(9)4(7,8)2(5)6;1-2;;;/h1-20,29H,21-24H2;2H,1H3;1H;1H;;/q;;-1;;+3;/p+1. The number of nitrogens with one attached hydrogen (secondary N) is 1. The Hall–Kier alpha value is -2.53. The second kappa shape index (κ2) is 23.8. The first-order valence-corrected chi connectivity index (χ1v) is 19.4. The second-order valence-electron chi connectivity index (χ2n) is 9.09. The van der Waals surface area contributed by atoms with Crippen LogP contribution in [0.1, 0.15) is 0 Å². The zero-order valence-electron chi connectivity index (χ0n) is 24.5. The molecule has 0 saturated carbocycles. The van der Waals surface area contributed by atoms with Crippen molar-refractivity contribution in [2.75, 3.05) is 32.5 Å². The Morgan fingerprint density at radius 2 is 0.978 bits per heavy atom. The van der Waals surface area contributed by atoms with Gasteiger partial charge in [-0.05, 0) is 48.5 Å². The molecule has 0 saturated heterocycles. The van der Waals surface area contributed by atoms with E-state index in [2.05, 4.69) is 148 Å². The topological polar surface area (TPSA) is 55.4 Å². The van der Waals surface area contributed by atoms with Crippen LogP contribution in [0.4, 0.5) is 17.6 Å². The average Bonchev–Trinajstić information content (AvgIpc) is 3.11. The minimum absolute atomic E-state index is 0.610. The van der Waals surface area contributed by atoms with Gasteiger partial charge in [-0.25, -0.2) is 13.6 Å². The minimum Gasteiger partial charge on any atom is -0.310 e. The van der Waals surface area contributed by atoms with Crippen LogP contribution >= 0.6 is 25.5 Å². The summed E-state index contributed by atoms with van der Waals surface area (Å²) < 4.78 is 49.2. The Kier molecular flexibility index (Phi) is 21.4. The van der Waals surface area contributed by atoms with Gasteiger partial charge in [0, 0.05) is 13.1 Å². The summed E-state index contributed by atoms with van der Waals surface area (Å²) in [5, 5.41) is 9.77. The molecule has 1 N–H and O–H groups in total. The zero-order chi connectivity index (χ0) is 33.5. The molecule has 4 rings (SSSR count). The Balaban J connectivity index is 0.000000615. The number of carbonyl (C=O) groups excluding carboxylic acids is 2. The molecule has 4 aromatic carbocycles. The number of halogens is 5. The van der Waals surface area contributed by atoms with Crippen molar-refractivity contribution in [2.24, 2.45) is 0 Å². The molecule has 0 fully saturated rings. The molecule has 0 aliphatic rings. The number of methoxy groups -OCH3 is 1. The first-order chi connectivity index (χ1) is 21.8. The van der Waals surface area contributed by atoms with Crippen LogP contribution in [-0.4, -0.2) is 57.6 Å². The SMILES string of the molecule is COC(=O)C(F)(F)C(F)F.[CH-]=O.[Cl][RuH+2].c1ccc([PH+](CCNCC[PH+](c2ccccc2)c2ccccc2)c2ccccc2)cc1. The molecule has 0 atom stereocenters. The minimum atomic E-state index is -4.69. The van der Waals surface area contributed by atoms with Crippen molar-refractivity contribution in [1.29, 1.82) is 0 Å². The molecule has 0 aromatic heterocycles. The van der Waals surface area contributed by atoms with E-state index in [1.54, 1.807) is 17.3 Å². The molecular weight excluding hydrogens is 733 g/mol. The molecule has 0 aliphatic carbocycles. The normalized spacial score (nSPS) is 10.5. The first kappa shape index (κ1) is 40.5. The van der Waals surface area contributed by atoms with E-state index in [4.69, 9.17) is 4.79 Å². The van der Waals surface area contributed by atoms with Crippen LogP contribution in [0.25, 0.3) is 0 Å². The van der Waals surface area contributed by atoms with Crippen molar-refractivity contribution < 1.29 is 49.2 Å². The number of hydrogen-bond donors (Lipinski definition) is 1. The van der Waals surface area contributed by atoms with Gasteiger partial charge in [-0.3, -0.25) is 6.79 Å². The molecule has 0 amide bonds. The van der Waals surface area contributed by atoms with E-state index in [1.807, 2.05) is 0 Å². The summed E-state index contributed by atoms with van der Waals surface area (Å²) in [4.78, 5) is 17.6. The Labute approximate surface area is 279 Å². The summed E-state index contributed by atoms with van der Waals surface area (Å²) in [5.41, 5.74) is 0. The molecule has 0 spiro atoms. The molecule has 242 valence electrons. The maximum absolute atomic E-state index is 11.7. The van der Waals surface area contributed by atoms with Crippen LogP contribution in [0.2, 0.25) is 0 Å². The average molecular weight is 770 g/mol. The fourth-order valence-corrected chi connectivity index (χ4v) is 9.30. The van der Waals surface area contributed by atoms with E-state index >= 15 is 0 Å².